The number of hydrogen-bond acceptors (Lipinski definition) is 6. The number of rotatable bonds is 6. The molecule has 0 unspecified atom stereocenters. The van der Waals surface area contributed by atoms with Gasteiger partial charge in [0.1, 0.15) is 12.9 Å². The van der Waals surface area contributed by atoms with E-state index in [9.17, 15) is 18.0 Å². The predicted octanol–water partition coefficient (Wildman–Crippen LogP) is 2.64. The van der Waals surface area contributed by atoms with Gasteiger partial charge >= 0.3 is 6.18 Å². The minimum Gasteiger partial charge on any atom is -0.365 e. The molecule has 170 valence electrons. The summed E-state index contributed by atoms with van der Waals surface area (Å²) in [5.41, 5.74) is 3.16. The number of carbonyl (C=O) groups excluding carboxylic acids is 1. The summed E-state index contributed by atoms with van der Waals surface area (Å²) in [6.45, 7) is 0.683. The van der Waals surface area contributed by atoms with Crippen molar-refractivity contribution in [3.05, 3.63) is 29.9 Å². The largest absolute Gasteiger partial charge is 0.405 e. The third-order valence-corrected chi connectivity index (χ3v) is 5.93. The molecule has 2 N–H and O–H groups in total. The number of fused-ring (bicyclic) bond motifs is 2. The lowest BCUT2D eigenvalue weighted by Gasteiger charge is -2.24. The Kier molecular flexibility index (Phi) is 5.01. The van der Waals surface area contributed by atoms with Crippen LogP contribution in [0.5, 0.6) is 0 Å². The smallest absolute Gasteiger partial charge is 0.365 e. The second-order valence-corrected chi connectivity index (χ2v) is 8.23. The van der Waals surface area contributed by atoms with Crippen molar-refractivity contribution in [2.75, 3.05) is 11.9 Å². The van der Waals surface area contributed by atoms with E-state index >= 15 is 0 Å². The second kappa shape index (κ2) is 7.75. The van der Waals surface area contributed by atoms with Crippen LogP contribution in [-0.2, 0) is 19.4 Å². The topological polar surface area (TPSA) is 103 Å². The van der Waals surface area contributed by atoms with Gasteiger partial charge in [0.2, 0.25) is 5.82 Å². The molecule has 0 saturated heterocycles. The van der Waals surface area contributed by atoms with Crippen LogP contribution < -0.4 is 10.6 Å². The van der Waals surface area contributed by atoms with Crippen LogP contribution in [0.2, 0.25) is 0 Å². The number of nitrogens with one attached hydrogen (secondary N) is 2. The number of carbonyl (C=O) groups is 1. The summed E-state index contributed by atoms with van der Waals surface area (Å²) in [5, 5.41) is 5.30. The number of amides is 1. The summed E-state index contributed by atoms with van der Waals surface area (Å²) in [7, 11) is 0. The Morgan fingerprint density at radius 3 is 2.75 bits per heavy atom. The van der Waals surface area contributed by atoms with Gasteiger partial charge in [0, 0.05) is 30.7 Å². The average molecular weight is 448 g/mol. The summed E-state index contributed by atoms with van der Waals surface area (Å²) < 4.78 is 41.3. The third-order valence-electron chi connectivity index (χ3n) is 5.93. The van der Waals surface area contributed by atoms with E-state index < -0.39 is 18.6 Å². The van der Waals surface area contributed by atoms with E-state index in [-0.39, 0.29) is 11.9 Å². The Hall–Kier alpha value is -3.18. The lowest BCUT2D eigenvalue weighted by atomic mass is 9.95. The van der Waals surface area contributed by atoms with Crippen molar-refractivity contribution in [3.63, 3.8) is 0 Å². The van der Waals surface area contributed by atoms with E-state index in [1.54, 1.807) is 6.92 Å². The fourth-order valence-corrected chi connectivity index (χ4v) is 4.26. The van der Waals surface area contributed by atoms with Crippen molar-refractivity contribution in [1.29, 1.82) is 0 Å². The number of halogens is 3. The van der Waals surface area contributed by atoms with Crippen molar-refractivity contribution in [1.82, 2.24) is 34.4 Å². The molecule has 1 fully saturated rings. The second-order valence-electron chi connectivity index (χ2n) is 8.23. The summed E-state index contributed by atoms with van der Waals surface area (Å²) in [4.78, 5) is 29.8. The average Bonchev–Trinajstić information content (AvgIpc) is 3.39. The molecule has 9 nitrogen and oxygen atoms in total. The fraction of sp³-hybridized carbons (Fsp3) is 0.550. The normalized spacial score (nSPS) is 18.6. The van der Waals surface area contributed by atoms with Crippen molar-refractivity contribution in [2.24, 2.45) is 0 Å². The van der Waals surface area contributed by atoms with Crippen molar-refractivity contribution in [2.45, 2.75) is 63.8 Å². The Bertz CT molecular complexity index is 1160. The molecule has 32 heavy (non-hydrogen) atoms. The van der Waals surface area contributed by atoms with Crippen LogP contribution in [-0.4, -0.2) is 53.7 Å². The summed E-state index contributed by atoms with van der Waals surface area (Å²) in [6, 6.07) is 0.651. The van der Waals surface area contributed by atoms with Crippen LogP contribution in [0, 0.1) is 0 Å². The molecule has 2 aliphatic rings. The maximum absolute atomic E-state index is 12.5. The third kappa shape index (κ3) is 3.89. The minimum atomic E-state index is -4.50. The highest BCUT2D eigenvalue weighted by Crippen LogP contribution is 2.38. The van der Waals surface area contributed by atoms with Gasteiger partial charge in [0.25, 0.3) is 5.91 Å². The van der Waals surface area contributed by atoms with Crippen LogP contribution >= 0.6 is 0 Å². The fourth-order valence-electron chi connectivity index (χ4n) is 4.26. The highest BCUT2D eigenvalue weighted by Gasteiger charge is 2.32. The SMILES string of the molecule is CCn1c(C(=O)NCC(F)(F)F)nc2c(N[C@@H]3CCc4ncn(C5CC5)c4C3)ncnc21. The molecule has 1 saturated carbocycles. The van der Waals surface area contributed by atoms with Crippen molar-refractivity contribution < 1.29 is 18.0 Å². The lowest BCUT2D eigenvalue weighted by molar-refractivity contribution is -0.123. The molecule has 0 aliphatic heterocycles. The molecule has 1 atom stereocenters. The van der Waals surface area contributed by atoms with Crippen molar-refractivity contribution >= 4 is 22.9 Å². The van der Waals surface area contributed by atoms with Gasteiger partial charge in [-0.2, -0.15) is 13.2 Å². The Morgan fingerprint density at radius 2 is 2.03 bits per heavy atom. The number of aromatic nitrogens is 6. The Balaban J connectivity index is 1.40. The van der Waals surface area contributed by atoms with E-state index in [0.717, 1.165) is 25.0 Å². The van der Waals surface area contributed by atoms with E-state index in [2.05, 4.69) is 29.8 Å². The summed E-state index contributed by atoms with van der Waals surface area (Å²) >= 11 is 0. The maximum atomic E-state index is 12.5. The van der Waals surface area contributed by atoms with Gasteiger partial charge in [-0.3, -0.25) is 4.79 Å². The zero-order chi connectivity index (χ0) is 22.5. The molecule has 12 heteroatoms. The first-order chi connectivity index (χ1) is 15.3. The first kappa shape index (κ1) is 20.7. The highest BCUT2D eigenvalue weighted by atomic mass is 19.4. The molecular formula is C20H23F3N8O. The van der Waals surface area contributed by atoms with Crippen molar-refractivity contribution in [3.8, 4) is 0 Å². The number of hydrogen-bond donors (Lipinski definition) is 2. The van der Waals surface area contributed by atoms with Gasteiger partial charge in [0.05, 0.1) is 12.0 Å². The zero-order valence-corrected chi connectivity index (χ0v) is 17.5. The molecule has 5 rings (SSSR count). The van der Waals surface area contributed by atoms with E-state index in [1.807, 2.05) is 11.6 Å². The summed E-state index contributed by atoms with van der Waals surface area (Å²) in [5.74, 6) is -0.546. The number of imidazole rings is 2. The predicted molar refractivity (Wildman–Crippen MR) is 109 cm³/mol. The maximum Gasteiger partial charge on any atom is 0.405 e. The zero-order valence-electron chi connectivity index (χ0n) is 17.5. The van der Waals surface area contributed by atoms with Crippen LogP contribution in [0.15, 0.2) is 12.7 Å². The van der Waals surface area contributed by atoms with Crippen LogP contribution in [0.4, 0.5) is 19.0 Å². The minimum absolute atomic E-state index is 0.101. The highest BCUT2D eigenvalue weighted by molar-refractivity contribution is 5.96. The van der Waals surface area contributed by atoms with Crippen LogP contribution in [0.1, 0.15) is 54.2 Å². The van der Waals surface area contributed by atoms with E-state index in [4.69, 9.17) is 0 Å². The number of nitrogens with zero attached hydrogens (tertiary/aromatic N) is 6. The number of alkyl halides is 3. The van der Waals surface area contributed by atoms with Crippen LogP contribution in [0.3, 0.4) is 0 Å². The molecular weight excluding hydrogens is 425 g/mol. The van der Waals surface area contributed by atoms with Gasteiger partial charge in [-0.25, -0.2) is 19.9 Å². The quantitative estimate of drug-likeness (QED) is 0.601. The molecule has 3 heterocycles. The molecule has 3 aromatic rings. The molecule has 0 spiro atoms. The van der Waals surface area contributed by atoms with Gasteiger partial charge < -0.3 is 19.8 Å². The van der Waals surface area contributed by atoms with Crippen LogP contribution in [0.25, 0.3) is 11.2 Å². The molecule has 0 bridgehead atoms. The Morgan fingerprint density at radius 1 is 1.22 bits per heavy atom. The first-order valence-corrected chi connectivity index (χ1v) is 10.7. The molecule has 0 aromatic carbocycles. The molecule has 2 aliphatic carbocycles. The number of anilines is 1. The van der Waals surface area contributed by atoms with Gasteiger partial charge in [-0.15, -0.1) is 0 Å². The lowest BCUT2D eigenvalue weighted by Crippen LogP contribution is -2.35. The first-order valence-electron chi connectivity index (χ1n) is 10.7. The summed E-state index contributed by atoms with van der Waals surface area (Å²) in [6.07, 6.45) is 3.69. The van der Waals surface area contributed by atoms with Gasteiger partial charge in [0.15, 0.2) is 17.0 Å². The monoisotopic (exact) mass is 448 g/mol. The van der Waals surface area contributed by atoms with E-state index in [0.29, 0.717) is 29.6 Å². The molecule has 0 radical (unpaired) electrons. The van der Waals surface area contributed by atoms with Gasteiger partial charge in [-0.05, 0) is 32.6 Å². The van der Waals surface area contributed by atoms with E-state index in [1.165, 1.54) is 29.4 Å². The van der Waals surface area contributed by atoms with Gasteiger partial charge in [-0.1, -0.05) is 0 Å². The molecule has 3 aromatic heterocycles. The number of aryl methyl sites for hydroxylation is 2. The standard InChI is InChI=1S/C20H23F3N8O/c1-2-30-17-15(29-18(30)19(32)24-8-20(21,22)23)16(25-9-26-17)28-11-3-6-13-14(7-11)31(10-27-13)12-4-5-12/h9-12H,2-8H2,1H3,(H,24,32)(H,25,26,28)/t11-/m1/s1. The Labute approximate surface area is 181 Å². The molecule has 1 amide bonds.